The van der Waals surface area contributed by atoms with Crippen LogP contribution in [0.2, 0.25) is 0 Å². The minimum Gasteiger partial charge on any atom is -0.493 e. The van der Waals surface area contributed by atoms with Crippen molar-refractivity contribution in [2.75, 3.05) is 7.11 Å². The number of hydrogen-bond donors (Lipinski definition) is 0. The molecule has 0 aliphatic rings. The molecule has 118 valence electrons. The van der Waals surface area contributed by atoms with E-state index in [1.807, 2.05) is 16.8 Å². The normalized spacial score (nSPS) is 10.5. The molecule has 0 spiro atoms. The van der Waals surface area contributed by atoms with Gasteiger partial charge in [-0.2, -0.15) is 16.3 Å². The molecule has 3 aromatic rings. The van der Waals surface area contributed by atoms with E-state index in [0.29, 0.717) is 33.3 Å². The Hall–Kier alpha value is -2.19. The Labute approximate surface area is 144 Å². The Morgan fingerprint density at radius 2 is 2.26 bits per heavy atom. The zero-order valence-corrected chi connectivity index (χ0v) is 14.4. The Kier molecular flexibility index (Phi) is 4.73. The van der Waals surface area contributed by atoms with E-state index in [0.717, 1.165) is 11.8 Å². The van der Waals surface area contributed by atoms with Crippen LogP contribution in [0.25, 0.3) is 11.4 Å². The Bertz CT molecular complexity index is 817. The van der Waals surface area contributed by atoms with Crippen molar-refractivity contribution >= 4 is 33.6 Å². The first-order valence-corrected chi connectivity index (χ1v) is 8.25. The van der Waals surface area contributed by atoms with E-state index in [-0.39, 0.29) is 6.61 Å². The van der Waals surface area contributed by atoms with Crippen molar-refractivity contribution in [2.45, 2.75) is 6.61 Å². The van der Waals surface area contributed by atoms with Gasteiger partial charge < -0.3 is 14.0 Å². The maximum absolute atomic E-state index is 11.0. The molecule has 1 aromatic carbocycles. The molecule has 0 N–H and O–H groups in total. The van der Waals surface area contributed by atoms with Crippen LogP contribution in [0.15, 0.2) is 38.0 Å². The zero-order chi connectivity index (χ0) is 16.2. The predicted octanol–water partition coefficient (Wildman–Crippen LogP) is 3.96. The summed E-state index contributed by atoms with van der Waals surface area (Å²) in [6.45, 7) is 0.0768. The lowest BCUT2D eigenvalue weighted by Crippen LogP contribution is -1.99. The van der Waals surface area contributed by atoms with Crippen LogP contribution >= 0.6 is 27.3 Å². The summed E-state index contributed by atoms with van der Waals surface area (Å²) in [6.07, 6.45) is 0.734. The van der Waals surface area contributed by atoms with Gasteiger partial charge in [-0.15, -0.1) is 0 Å². The lowest BCUT2D eigenvalue weighted by molar-refractivity contribution is 0.112. The summed E-state index contributed by atoms with van der Waals surface area (Å²) in [5, 5.41) is 7.78. The molecule has 0 unspecified atom stereocenters. The molecular weight excluding hydrogens is 384 g/mol. The molecular formula is C15H11BrN2O4S. The third-order valence-electron chi connectivity index (χ3n) is 3.01. The van der Waals surface area contributed by atoms with Crippen LogP contribution < -0.4 is 9.47 Å². The van der Waals surface area contributed by atoms with Gasteiger partial charge in [-0.05, 0) is 39.5 Å². The Morgan fingerprint density at radius 3 is 2.96 bits per heavy atom. The van der Waals surface area contributed by atoms with Crippen molar-refractivity contribution in [2.24, 2.45) is 0 Å². The summed E-state index contributed by atoms with van der Waals surface area (Å²) in [5.41, 5.74) is 1.36. The first-order valence-electron chi connectivity index (χ1n) is 6.52. The molecule has 2 aromatic heterocycles. The molecule has 8 heteroatoms. The molecule has 0 aliphatic carbocycles. The number of ether oxygens (including phenoxy) is 2. The zero-order valence-electron chi connectivity index (χ0n) is 12.0. The monoisotopic (exact) mass is 394 g/mol. The van der Waals surface area contributed by atoms with E-state index in [2.05, 4.69) is 26.1 Å². The number of hydrogen-bond acceptors (Lipinski definition) is 7. The van der Waals surface area contributed by atoms with Crippen LogP contribution in [0.1, 0.15) is 16.2 Å². The van der Waals surface area contributed by atoms with E-state index in [1.165, 1.54) is 7.11 Å². The van der Waals surface area contributed by atoms with Crippen molar-refractivity contribution in [3.05, 3.63) is 44.9 Å². The fraction of sp³-hybridized carbons (Fsp3) is 0.133. The van der Waals surface area contributed by atoms with Gasteiger partial charge in [0.25, 0.3) is 5.89 Å². The Morgan fingerprint density at radius 1 is 1.39 bits per heavy atom. The second kappa shape index (κ2) is 6.93. The molecule has 6 nitrogen and oxygen atoms in total. The third kappa shape index (κ3) is 3.43. The van der Waals surface area contributed by atoms with E-state index in [9.17, 15) is 4.79 Å². The number of methoxy groups -OCH3 is 1. The molecule has 3 rings (SSSR count). The van der Waals surface area contributed by atoms with Crippen LogP contribution in [0.4, 0.5) is 0 Å². The van der Waals surface area contributed by atoms with Gasteiger partial charge in [0, 0.05) is 21.0 Å². The summed E-state index contributed by atoms with van der Waals surface area (Å²) in [7, 11) is 1.52. The summed E-state index contributed by atoms with van der Waals surface area (Å²) in [5.74, 6) is 1.78. The predicted molar refractivity (Wildman–Crippen MR) is 88.0 cm³/mol. The number of benzene rings is 1. The number of halogens is 1. The summed E-state index contributed by atoms with van der Waals surface area (Å²) in [4.78, 5) is 15.3. The standard InChI is InChI=1S/C15H11BrN2O4S/c1-20-12-5-11(16)10(6-19)4-13(12)21-7-14-17-15(18-22-14)9-2-3-23-8-9/h2-6,8H,7H2,1H3. The van der Waals surface area contributed by atoms with Crippen molar-refractivity contribution in [1.82, 2.24) is 10.1 Å². The number of thiophene rings is 1. The number of nitrogens with zero attached hydrogens (tertiary/aromatic N) is 2. The molecule has 23 heavy (non-hydrogen) atoms. The van der Waals surface area contributed by atoms with Gasteiger partial charge >= 0.3 is 0 Å². The van der Waals surface area contributed by atoms with Gasteiger partial charge in [0.1, 0.15) is 0 Å². The lowest BCUT2D eigenvalue weighted by atomic mass is 10.2. The van der Waals surface area contributed by atoms with E-state index in [4.69, 9.17) is 14.0 Å². The van der Waals surface area contributed by atoms with Gasteiger partial charge in [-0.25, -0.2) is 0 Å². The fourth-order valence-corrected chi connectivity index (χ4v) is 2.93. The highest BCUT2D eigenvalue weighted by Crippen LogP contribution is 2.33. The molecule has 0 aliphatic heterocycles. The largest absolute Gasteiger partial charge is 0.493 e. The number of aldehydes is 1. The molecule has 0 atom stereocenters. The molecule has 0 fully saturated rings. The second-order valence-electron chi connectivity index (χ2n) is 4.45. The van der Waals surface area contributed by atoms with E-state index in [1.54, 1.807) is 23.5 Å². The van der Waals surface area contributed by atoms with Gasteiger partial charge in [-0.1, -0.05) is 5.16 Å². The van der Waals surface area contributed by atoms with Crippen LogP contribution in [0, 0.1) is 0 Å². The first-order chi connectivity index (χ1) is 11.2. The lowest BCUT2D eigenvalue weighted by Gasteiger charge is -2.10. The SMILES string of the molecule is COc1cc(Br)c(C=O)cc1OCc1nc(-c2ccsc2)no1. The molecule has 2 heterocycles. The average Bonchev–Trinajstić information content (AvgIpc) is 3.24. The quantitative estimate of drug-likeness (QED) is 0.589. The van der Waals surface area contributed by atoms with Gasteiger partial charge in [0.15, 0.2) is 24.4 Å². The molecule has 0 radical (unpaired) electrons. The van der Waals surface area contributed by atoms with Crippen molar-refractivity contribution < 1.29 is 18.8 Å². The van der Waals surface area contributed by atoms with E-state index >= 15 is 0 Å². The van der Waals surface area contributed by atoms with E-state index < -0.39 is 0 Å². The van der Waals surface area contributed by atoms with Gasteiger partial charge in [-0.3, -0.25) is 4.79 Å². The first kappa shape index (κ1) is 15.7. The summed E-state index contributed by atoms with van der Waals surface area (Å²) < 4.78 is 16.7. The number of aromatic nitrogens is 2. The van der Waals surface area contributed by atoms with Gasteiger partial charge in [0.2, 0.25) is 5.82 Å². The fourth-order valence-electron chi connectivity index (χ4n) is 1.88. The second-order valence-corrected chi connectivity index (χ2v) is 6.09. The number of carbonyl (C=O) groups excluding carboxylic acids is 1. The highest BCUT2D eigenvalue weighted by atomic mass is 79.9. The van der Waals surface area contributed by atoms with Crippen molar-refractivity contribution in [3.8, 4) is 22.9 Å². The third-order valence-corrected chi connectivity index (χ3v) is 4.38. The van der Waals surface area contributed by atoms with Crippen LogP contribution in [-0.4, -0.2) is 23.5 Å². The van der Waals surface area contributed by atoms with Gasteiger partial charge in [0.05, 0.1) is 7.11 Å². The molecule has 0 amide bonds. The van der Waals surface area contributed by atoms with Crippen molar-refractivity contribution in [1.29, 1.82) is 0 Å². The maximum atomic E-state index is 11.0. The average molecular weight is 395 g/mol. The van der Waals surface area contributed by atoms with Crippen LogP contribution in [0.5, 0.6) is 11.5 Å². The molecule has 0 bridgehead atoms. The van der Waals surface area contributed by atoms with Crippen LogP contribution in [-0.2, 0) is 6.61 Å². The number of carbonyl (C=O) groups is 1. The highest BCUT2D eigenvalue weighted by Gasteiger charge is 2.13. The maximum Gasteiger partial charge on any atom is 0.264 e. The highest BCUT2D eigenvalue weighted by molar-refractivity contribution is 9.10. The summed E-state index contributed by atoms with van der Waals surface area (Å²) in [6, 6.07) is 5.17. The van der Waals surface area contributed by atoms with Crippen molar-refractivity contribution in [3.63, 3.8) is 0 Å². The molecule has 0 saturated heterocycles. The molecule has 0 saturated carbocycles. The number of rotatable bonds is 6. The Balaban J connectivity index is 1.77. The minimum atomic E-state index is 0.0768. The topological polar surface area (TPSA) is 74.5 Å². The summed E-state index contributed by atoms with van der Waals surface area (Å²) >= 11 is 4.85. The smallest absolute Gasteiger partial charge is 0.264 e. The van der Waals surface area contributed by atoms with Crippen LogP contribution in [0.3, 0.4) is 0 Å². The minimum absolute atomic E-state index is 0.0768.